The quantitative estimate of drug-likeness (QED) is 0.706. The van der Waals surface area contributed by atoms with Gasteiger partial charge in [-0.05, 0) is 46.5 Å². The summed E-state index contributed by atoms with van der Waals surface area (Å²) in [4.78, 5) is 25.3. The fraction of sp³-hybridized carbons (Fsp3) is 0.857. The van der Waals surface area contributed by atoms with Crippen LogP contribution in [0.3, 0.4) is 0 Å². The minimum Gasteiger partial charge on any atom is -0.352 e. The first-order valence-corrected chi connectivity index (χ1v) is 7.17. The molecule has 1 heterocycles. The fourth-order valence-corrected chi connectivity index (χ4v) is 2.33. The summed E-state index contributed by atoms with van der Waals surface area (Å²) in [5.74, 6) is 0.339. The lowest BCUT2D eigenvalue weighted by atomic mass is 9.73. The van der Waals surface area contributed by atoms with Crippen LogP contribution in [-0.2, 0) is 4.79 Å². The fourth-order valence-electron chi connectivity index (χ4n) is 2.33. The predicted octanol–water partition coefficient (Wildman–Crippen LogP) is 0.657. The Labute approximate surface area is 121 Å². The SMILES string of the molecule is CC(C)(N)C(C)(C)C(=O)N1CCCC(CNC(N)=O)C1. The first kappa shape index (κ1) is 16.8. The predicted molar refractivity (Wildman–Crippen MR) is 78.9 cm³/mol. The molecule has 0 saturated carbocycles. The molecule has 1 atom stereocenters. The van der Waals surface area contributed by atoms with E-state index < -0.39 is 17.0 Å². The highest BCUT2D eigenvalue weighted by molar-refractivity contribution is 5.83. The molecule has 0 aromatic heterocycles. The highest BCUT2D eigenvalue weighted by Crippen LogP contribution is 2.32. The molecular formula is C14H28N4O2. The molecule has 20 heavy (non-hydrogen) atoms. The highest BCUT2D eigenvalue weighted by Gasteiger charge is 2.43. The number of hydrogen-bond donors (Lipinski definition) is 3. The number of carbonyl (C=O) groups excluding carboxylic acids is 2. The number of urea groups is 1. The Morgan fingerprint density at radius 2 is 1.90 bits per heavy atom. The number of nitrogens with one attached hydrogen (secondary N) is 1. The van der Waals surface area contributed by atoms with Crippen LogP contribution in [0, 0.1) is 11.3 Å². The molecule has 1 aliphatic rings. The second-order valence-electron chi connectivity index (χ2n) is 6.85. The van der Waals surface area contributed by atoms with Crippen molar-refractivity contribution in [2.45, 2.75) is 46.1 Å². The van der Waals surface area contributed by atoms with E-state index in [2.05, 4.69) is 5.32 Å². The first-order valence-electron chi connectivity index (χ1n) is 7.17. The van der Waals surface area contributed by atoms with Gasteiger partial charge in [-0.25, -0.2) is 4.79 Å². The Hall–Kier alpha value is -1.30. The Bertz CT molecular complexity index is 374. The molecule has 0 bridgehead atoms. The minimum absolute atomic E-state index is 0.0776. The Morgan fingerprint density at radius 1 is 1.30 bits per heavy atom. The summed E-state index contributed by atoms with van der Waals surface area (Å²) in [6.07, 6.45) is 1.94. The van der Waals surface area contributed by atoms with Crippen LogP contribution in [0.25, 0.3) is 0 Å². The molecule has 1 aliphatic heterocycles. The van der Waals surface area contributed by atoms with E-state index in [-0.39, 0.29) is 11.8 Å². The van der Waals surface area contributed by atoms with Gasteiger partial charge < -0.3 is 21.7 Å². The monoisotopic (exact) mass is 284 g/mol. The number of carbonyl (C=O) groups is 2. The van der Waals surface area contributed by atoms with Crippen molar-refractivity contribution in [3.8, 4) is 0 Å². The number of primary amides is 1. The van der Waals surface area contributed by atoms with Crippen LogP contribution in [0.15, 0.2) is 0 Å². The van der Waals surface area contributed by atoms with Crippen molar-refractivity contribution in [2.24, 2.45) is 22.8 Å². The third-order valence-corrected chi connectivity index (χ3v) is 4.52. The second-order valence-corrected chi connectivity index (χ2v) is 6.85. The van der Waals surface area contributed by atoms with E-state index in [9.17, 15) is 9.59 Å². The largest absolute Gasteiger partial charge is 0.352 e. The smallest absolute Gasteiger partial charge is 0.312 e. The lowest BCUT2D eigenvalue weighted by molar-refractivity contribution is -0.145. The molecule has 1 unspecified atom stereocenters. The van der Waals surface area contributed by atoms with Crippen molar-refractivity contribution in [2.75, 3.05) is 19.6 Å². The van der Waals surface area contributed by atoms with Crippen LogP contribution in [0.5, 0.6) is 0 Å². The summed E-state index contributed by atoms with van der Waals surface area (Å²) in [7, 11) is 0. The number of rotatable bonds is 4. The van der Waals surface area contributed by atoms with Gasteiger partial charge in [0, 0.05) is 25.2 Å². The molecule has 1 rings (SSSR count). The third-order valence-electron chi connectivity index (χ3n) is 4.52. The Morgan fingerprint density at radius 3 is 2.40 bits per heavy atom. The van der Waals surface area contributed by atoms with E-state index in [0.717, 1.165) is 19.4 Å². The number of amides is 3. The maximum Gasteiger partial charge on any atom is 0.312 e. The van der Waals surface area contributed by atoms with Gasteiger partial charge in [-0.2, -0.15) is 0 Å². The van der Waals surface area contributed by atoms with Crippen molar-refractivity contribution < 1.29 is 9.59 Å². The Balaban J connectivity index is 2.67. The summed E-state index contributed by atoms with van der Waals surface area (Å²) in [6.45, 7) is 9.46. The van der Waals surface area contributed by atoms with Gasteiger partial charge in [0.2, 0.25) is 5.91 Å². The first-order chi connectivity index (χ1) is 9.05. The van der Waals surface area contributed by atoms with Crippen molar-refractivity contribution in [3.05, 3.63) is 0 Å². The van der Waals surface area contributed by atoms with Crippen molar-refractivity contribution >= 4 is 11.9 Å². The average Bonchev–Trinajstić information content (AvgIpc) is 2.34. The number of nitrogens with two attached hydrogens (primary N) is 2. The van der Waals surface area contributed by atoms with Crippen LogP contribution in [0.2, 0.25) is 0 Å². The van der Waals surface area contributed by atoms with Crippen molar-refractivity contribution in [1.29, 1.82) is 0 Å². The standard InChI is InChI=1S/C14H28N4O2/c1-13(2,14(3,4)16)11(19)18-7-5-6-10(9-18)8-17-12(15)20/h10H,5-9,16H2,1-4H3,(H3,15,17,20). The summed E-state index contributed by atoms with van der Waals surface area (Å²) in [5.41, 5.74) is 10.0. The topological polar surface area (TPSA) is 101 Å². The van der Waals surface area contributed by atoms with Gasteiger partial charge in [0.1, 0.15) is 0 Å². The molecule has 3 amide bonds. The maximum atomic E-state index is 12.7. The van der Waals surface area contributed by atoms with E-state index >= 15 is 0 Å². The van der Waals surface area contributed by atoms with E-state index in [0.29, 0.717) is 13.1 Å². The minimum atomic E-state index is -0.619. The zero-order valence-electron chi connectivity index (χ0n) is 13.0. The molecule has 0 aliphatic carbocycles. The lowest BCUT2D eigenvalue weighted by Crippen LogP contribution is -2.58. The van der Waals surface area contributed by atoms with Gasteiger partial charge in [0.15, 0.2) is 0 Å². The van der Waals surface area contributed by atoms with Crippen molar-refractivity contribution in [3.63, 3.8) is 0 Å². The molecule has 1 saturated heterocycles. The van der Waals surface area contributed by atoms with Gasteiger partial charge in [-0.15, -0.1) is 0 Å². The van der Waals surface area contributed by atoms with E-state index in [1.54, 1.807) is 0 Å². The molecule has 116 valence electrons. The average molecular weight is 284 g/mol. The zero-order valence-corrected chi connectivity index (χ0v) is 13.0. The second kappa shape index (κ2) is 5.99. The summed E-state index contributed by atoms with van der Waals surface area (Å²) >= 11 is 0. The van der Waals surface area contributed by atoms with E-state index in [4.69, 9.17) is 11.5 Å². The van der Waals surface area contributed by atoms with E-state index in [1.165, 1.54) is 0 Å². The Kier molecular flexibility index (Phi) is 5.02. The zero-order chi connectivity index (χ0) is 15.6. The summed E-state index contributed by atoms with van der Waals surface area (Å²) in [6, 6.07) is -0.517. The normalized spacial score (nSPS) is 20.6. The lowest BCUT2D eigenvalue weighted by Gasteiger charge is -2.43. The molecule has 6 nitrogen and oxygen atoms in total. The molecule has 0 aromatic carbocycles. The number of nitrogens with zero attached hydrogens (tertiary/aromatic N) is 1. The van der Waals surface area contributed by atoms with Crippen LogP contribution in [0.1, 0.15) is 40.5 Å². The third kappa shape index (κ3) is 3.85. The molecule has 0 spiro atoms. The van der Waals surface area contributed by atoms with Gasteiger partial charge in [0.05, 0.1) is 5.41 Å². The van der Waals surface area contributed by atoms with E-state index in [1.807, 2.05) is 32.6 Å². The molecule has 6 heteroatoms. The van der Waals surface area contributed by atoms with Crippen molar-refractivity contribution in [1.82, 2.24) is 10.2 Å². The molecule has 0 aromatic rings. The molecular weight excluding hydrogens is 256 g/mol. The number of hydrogen-bond acceptors (Lipinski definition) is 3. The van der Waals surface area contributed by atoms with Gasteiger partial charge in [-0.3, -0.25) is 4.79 Å². The van der Waals surface area contributed by atoms with Crippen LogP contribution >= 0.6 is 0 Å². The van der Waals surface area contributed by atoms with Crippen LogP contribution in [-0.4, -0.2) is 42.0 Å². The summed E-state index contributed by atoms with van der Waals surface area (Å²) in [5, 5.41) is 2.62. The molecule has 1 fully saturated rings. The summed E-state index contributed by atoms with van der Waals surface area (Å²) < 4.78 is 0. The van der Waals surface area contributed by atoms with Crippen LogP contribution in [0.4, 0.5) is 4.79 Å². The molecule has 0 radical (unpaired) electrons. The maximum absolute atomic E-state index is 12.7. The molecule has 5 N–H and O–H groups in total. The van der Waals surface area contributed by atoms with Crippen LogP contribution < -0.4 is 16.8 Å². The number of likely N-dealkylation sites (tertiary alicyclic amines) is 1. The highest BCUT2D eigenvalue weighted by atomic mass is 16.2. The van der Waals surface area contributed by atoms with Gasteiger partial charge in [-0.1, -0.05) is 0 Å². The number of piperidine rings is 1. The van der Waals surface area contributed by atoms with Gasteiger partial charge in [0.25, 0.3) is 0 Å². The van der Waals surface area contributed by atoms with Gasteiger partial charge >= 0.3 is 6.03 Å².